The first kappa shape index (κ1) is 21.0. The molecule has 1 aromatic carbocycles. The molecule has 0 radical (unpaired) electrons. The lowest BCUT2D eigenvalue weighted by molar-refractivity contribution is -0.134. The van der Waals surface area contributed by atoms with Gasteiger partial charge in [-0.25, -0.2) is 4.79 Å². The Balaban J connectivity index is 1.67. The van der Waals surface area contributed by atoms with E-state index in [4.69, 9.17) is 9.47 Å². The maximum atomic E-state index is 13.0. The van der Waals surface area contributed by atoms with Crippen molar-refractivity contribution in [1.82, 2.24) is 15.5 Å². The second-order valence-corrected chi connectivity index (χ2v) is 7.82. The molecule has 8 heteroatoms. The third-order valence-electron chi connectivity index (χ3n) is 5.85. The zero-order valence-corrected chi connectivity index (χ0v) is 17.2. The van der Waals surface area contributed by atoms with Gasteiger partial charge in [0.1, 0.15) is 12.1 Å². The van der Waals surface area contributed by atoms with Gasteiger partial charge in [-0.15, -0.1) is 0 Å². The summed E-state index contributed by atoms with van der Waals surface area (Å²) in [6.45, 7) is 1.92. The number of ether oxygens (including phenoxy) is 2. The van der Waals surface area contributed by atoms with E-state index in [2.05, 4.69) is 10.6 Å². The second kappa shape index (κ2) is 8.71. The number of methoxy groups -OCH3 is 2. The van der Waals surface area contributed by atoms with E-state index in [9.17, 15) is 14.4 Å². The number of rotatable bonds is 7. The lowest BCUT2D eigenvalue weighted by Crippen LogP contribution is -2.44. The highest BCUT2D eigenvalue weighted by Gasteiger charge is 2.49. The van der Waals surface area contributed by atoms with Gasteiger partial charge in [0.2, 0.25) is 5.91 Å². The van der Waals surface area contributed by atoms with E-state index >= 15 is 0 Å². The zero-order chi connectivity index (χ0) is 21.0. The molecule has 8 nitrogen and oxygen atoms in total. The molecule has 4 amide bonds. The van der Waals surface area contributed by atoms with Gasteiger partial charge in [-0.1, -0.05) is 25.3 Å². The quantitative estimate of drug-likeness (QED) is 0.680. The molecule has 2 fully saturated rings. The van der Waals surface area contributed by atoms with Crippen LogP contribution in [0, 0.1) is 5.92 Å². The van der Waals surface area contributed by atoms with E-state index in [-0.39, 0.29) is 12.5 Å². The van der Waals surface area contributed by atoms with Gasteiger partial charge in [-0.3, -0.25) is 14.5 Å². The SMILES string of the molecule is COc1ccc([C@@]2(C)NC(=O)N(CC(=O)NCC3CCCCC3)C2=O)cc1OC. The Labute approximate surface area is 170 Å². The highest BCUT2D eigenvalue weighted by atomic mass is 16.5. The molecule has 1 saturated heterocycles. The Morgan fingerprint density at radius 1 is 1.17 bits per heavy atom. The van der Waals surface area contributed by atoms with Gasteiger partial charge in [-0.2, -0.15) is 0 Å². The number of carbonyl (C=O) groups is 3. The van der Waals surface area contributed by atoms with Crippen LogP contribution < -0.4 is 20.1 Å². The summed E-state index contributed by atoms with van der Waals surface area (Å²) in [5, 5.41) is 5.58. The van der Waals surface area contributed by atoms with Crippen LogP contribution in [0.15, 0.2) is 18.2 Å². The van der Waals surface area contributed by atoms with Crippen LogP contribution in [0.4, 0.5) is 4.79 Å². The van der Waals surface area contributed by atoms with E-state index < -0.39 is 17.5 Å². The number of nitrogens with one attached hydrogen (secondary N) is 2. The van der Waals surface area contributed by atoms with Crippen molar-refractivity contribution in [2.75, 3.05) is 27.3 Å². The summed E-state index contributed by atoms with van der Waals surface area (Å²) >= 11 is 0. The van der Waals surface area contributed by atoms with Crippen molar-refractivity contribution in [2.45, 2.75) is 44.6 Å². The van der Waals surface area contributed by atoms with Crippen LogP contribution in [-0.4, -0.2) is 50.1 Å². The number of urea groups is 1. The second-order valence-electron chi connectivity index (χ2n) is 7.82. The average molecular weight is 403 g/mol. The number of hydrogen-bond donors (Lipinski definition) is 2. The molecule has 29 heavy (non-hydrogen) atoms. The predicted octanol–water partition coefficient (Wildman–Crippen LogP) is 2.17. The maximum Gasteiger partial charge on any atom is 0.325 e. The fraction of sp³-hybridized carbons (Fsp3) is 0.571. The third-order valence-corrected chi connectivity index (χ3v) is 5.85. The van der Waals surface area contributed by atoms with E-state index in [1.54, 1.807) is 25.1 Å². The molecule has 1 aromatic rings. The van der Waals surface area contributed by atoms with Crippen molar-refractivity contribution in [3.05, 3.63) is 23.8 Å². The molecule has 1 aliphatic carbocycles. The average Bonchev–Trinajstić information content (AvgIpc) is 2.96. The van der Waals surface area contributed by atoms with Crippen LogP contribution in [0.2, 0.25) is 0 Å². The molecule has 3 rings (SSSR count). The minimum Gasteiger partial charge on any atom is -0.493 e. The summed E-state index contributed by atoms with van der Waals surface area (Å²) in [5.41, 5.74) is -0.723. The van der Waals surface area contributed by atoms with Crippen molar-refractivity contribution in [2.24, 2.45) is 5.92 Å². The smallest absolute Gasteiger partial charge is 0.325 e. The van der Waals surface area contributed by atoms with Gasteiger partial charge < -0.3 is 20.1 Å². The van der Waals surface area contributed by atoms with E-state index in [0.717, 1.165) is 17.7 Å². The normalized spacial score (nSPS) is 22.4. The maximum absolute atomic E-state index is 13.0. The molecule has 158 valence electrons. The number of benzene rings is 1. The topological polar surface area (TPSA) is 97.0 Å². The Kier molecular flexibility index (Phi) is 6.30. The van der Waals surface area contributed by atoms with Gasteiger partial charge in [-0.05, 0) is 43.4 Å². The van der Waals surface area contributed by atoms with Crippen molar-refractivity contribution in [1.29, 1.82) is 0 Å². The Hall–Kier alpha value is -2.77. The third kappa shape index (κ3) is 4.31. The number of nitrogens with zero attached hydrogens (tertiary/aromatic N) is 1. The molecule has 1 saturated carbocycles. The summed E-state index contributed by atoms with van der Waals surface area (Å²) in [4.78, 5) is 38.8. The van der Waals surface area contributed by atoms with Crippen LogP contribution in [0.1, 0.15) is 44.6 Å². The highest BCUT2D eigenvalue weighted by molar-refractivity contribution is 6.09. The van der Waals surface area contributed by atoms with Gasteiger partial charge in [0.05, 0.1) is 14.2 Å². The first-order valence-corrected chi connectivity index (χ1v) is 10.0. The Morgan fingerprint density at radius 3 is 2.52 bits per heavy atom. The summed E-state index contributed by atoms with van der Waals surface area (Å²) in [5.74, 6) is 0.665. The largest absolute Gasteiger partial charge is 0.493 e. The van der Waals surface area contributed by atoms with Gasteiger partial charge >= 0.3 is 6.03 Å². The van der Waals surface area contributed by atoms with Crippen LogP contribution in [-0.2, 0) is 15.1 Å². The van der Waals surface area contributed by atoms with Crippen LogP contribution in [0.3, 0.4) is 0 Å². The fourth-order valence-electron chi connectivity index (χ4n) is 4.03. The molecule has 2 N–H and O–H groups in total. The van der Waals surface area contributed by atoms with Gasteiger partial charge in [0, 0.05) is 6.54 Å². The first-order valence-electron chi connectivity index (χ1n) is 10.0. The summed E-state index contributed by atoms with van der Waals surface area (Å²) in [7, 11) is 3.03. The van der Waals surface area contributed by atoms with Crippen molar-refractivity contribution in [3.63, 3.8) is 0 Å². The lowest BCUT2D eigenvalue weighted by Gasteiger charge is -2.24. The molecule has 1 heterocycles. The highest BCUT2D eigenvalue weighted by Crippen LogP contribution is 2.35. The molecule has 0 spiro atoms. The van der Waals surface area contributed by atoms with Crippen molar-refractivity contribution in [3.8, 4) is 11.5 Å². The molecular formula is C21H29N3O5. The Morgan fingerprint density at radius 2 is 1.86 bits per heavy atom. The lowest BCUT2D eigenvalue weighted by atomic mass is 9.89. The Bertz CT molecular complexity index is 791. The zero-order valence-electron chi connectivity index (χ0n) is 17.2. The number of imide groups is 1. The molecular weight excluding hydrogens is 374 g/mol. The number of hydrogen-bond acceptors (Lipinski definition) is 5. The van der Waals surface area contributed by atoms with Crippen LogP contribution in [0.5, 0.6) is 11.5 Å². The number of amides is 4. The van der Waals surface area contributed by atoms with Gasteiger partial charge in [0.15, 0.2) is 11.5 Å². The van der Waals surface area contributed by atoms with Crippen LogP contribution >= 0.6 is 0 Å². The van der Waals surface area contributed by atoms with E-state index in [1.807, 2.05) is 0 Å². The van der Waals surface area contributed by atoms with Crippen molar-refractivity contribution < 1.29 is 23.9 Å². The minimum absolute atomic E-state index is 0.291. The summed E-state index contributed by atoms with van der Waals surface area (Å²) in [6.07, 6.45) is 5.86. The fourth-order valence-corrected chi connectivity index (χ4v) is 4.03. The monoisotopic (exact) mass is 403 g/mol. The summed E-state index contributed by atoms with van der Waals surface area (Å²) in [6, 6.07) is 4.45. The number of carbonyl (C=O) groups excluding carboxylic acids is 3. The molecule has 1 atom stereocenters. The summed E-state index contributed by atoms with van der Waals surface area (Å²) < 4.78 is 10.5. The molecule has 1 aliphatic heterocycles. The standard InChI is InChI=1S/C21H29N3O5/c1-21(15-9-10-16(28-2)17(11-15)29-3)19(26)24(20(27)23-21)13-18(25)22-12-14-7-5-4-6-8-14/h9-11,14H,4-8,12-13H2,1-3H3,(H,22,25)(H,23,27)/t21-/m1/s1. The van der Waals surface area contributed by atoms with E-state index in [0.29, 0.717) is 29.5 Å². The molecule has 0 aromatic heterocycles. The van der Waals surface area contributed by atoms with E-state index in [1.165, 1.54) is 33.5 Å². The predicted molar refractivity (Wildman–Crippen MR) is 107 cm³/mol. The van der Waals surface area contributed by atoms with Gasteiger partial charge in [0.25, 0.3) is 5.91 Å². The molecule has 0 unspecified atom stereocenters. The first-order chi connectivity index (χ1) is 13.9. The molecule has 2 aliphatic rings. The van der Waals surface area contributed by atoms with Crippen molar-refractivity contribution >= 4 is 17.8 Å². The minimum atomic E-state index is -1.28. The van der Waals surface area contributed by atoms with Crippen LogP contribution in [0.25, 0.3) is 0 Å². The molecule has 0 bridgehead atoms.